The second kappa shape index (κ2) is 5.68. The molecule has 0 radical (unpaired) electrons. The molecule has 1 N–H and O–H groups in total. The first kappa shape index (κ1) is 12.6. The van der Waals surface area contributed by atoms with Crippen LogP contribution in [-0.2, 0) is 11.2 Å². The molecule has 1 saturated heterocycles. The second-order valence-electron chi connectivity index (χ2n) is 5.17. The molecule has 1 aliphatic rings. The van der Waals surface area contributed by atoms with Crippen LogP contribution in [0, 0.1) is 0 Å². The van der Waals surface area contributed by atoms with Crippen molar-refractivity contribution in [2.45, 2.75) is 31.9 Å². The predicted octanol–water partition coefficient (Wildman–Crippen LogP) is 2.54. The molecule has 3 rings (SSSR count). The molecule has 2 atom stereocenters. The van der Waals surface area contributed by atoms with Crippen molar-refractivity contribution in [3.63, 3.8) is 0 Å². The summed E-state index contributed by atoms with van der Waals surface area (Å²) in [5.41, 5.74) is 2.44. The van der Waals surface area contributed by atoms with E-state index in [1.54, 1.807) is 0 Å². The summed E-state index contributed by atoms with van der Waals surface area (Å²) in [6, 6.07) is 11.0. The van der Waals surface area contributed by atoms with Gasteiger partial charge in [0.25, 0.3) is 0 Å². The number of pyridine rings is 1. The highest BCUT2D eigenvalue weighted by molar-refractivity contribution is 5.81. The van der Waals surface area contributed by atoms with Crippen LogP contribution in [0.3, 0.4) is 0 Å². The van der Waals surface area contributed by atoms with Gasteiger partial charge < -0.3 is 10.1 Å². The van der Waals surface area contributed by atoms with E-state index in [-0.39, 0.29) is 0 Å². The molecule has 2 heterocycles. The van der Waals surface area contributed by atoms with Crippen LogP contribution in [0.25, 0.3) is 10.9 Å². The van der Waals surface area contributed by atoms with Crippen molar-refractivity contribution in [2.24, 2.45) is 0 Å². The molecule has 3 heteroatoms. The Labute approximate surface area is 114 Å². The molecule has 0 amide bonds. The first-order valence-corrected chi connectivity index (χ1v) is 7.02. The standard InChI is InChI=1S/C16H20N2O/c1-12-15(8-11-19-12)17-10-7-14-5-2-4-13-6-3-9-18-16(13)14/h2-6,9,12,15,17H,7-8,10-11H2,1H3. The van der Waals surface area contributed by atoms with Gasteiger partial charge in [-0.2, -0.15) is 0 Å². The Morgan fingerprint density at radius 3 is 3.05 bits per heavy atom. The second-order valence-corrected chi connectivity index (χ2v) is 5.17. The van der Waals surface area contributed by atoms with Crippen molar-refractivity contribution in [3.05, 3.63) is 42.1 Å². The number of para-hydroxylation sites is 1. The van der Waals surface area contributed by atoms with Crippen molar-refractivity contribution < 1.29 is 4.74 Å². The summed E-state index contributed by atoms with van der Waals surface area (Å²) < 4.78 is 5.56. The summed E-state index contributed by atoms with van der Waals surface area (Å²) in [5, 5.41) is 4.81. The first-order chi connectivity index (χ1) is 9.34. The first-order valence-electron chi connectivity index (χ1n) is 7.02. The van der Waals surface area contributed by atoms with E-state index in [2.05, 4.69) is 41.5 Å². The largest absolute Gasteiger partial charge is 0.377 e. The lowest BCUT2D eigenvalue weighted by Crippen LogP contribution is -2.35. The fourth-order valence-electron chi connectivity index (χ4n) is 2.76. The number of fused-ring (bicyclic) bond motifs is 1. The Balaban J connectivity index is 1.65. The third-order valence-electron chi connectivity index (χ3n) is 3.89. The van der Waals surface area contributed by atoms with Crippen molar-refractivity contribution in [1.82, 2.24) is 10.3 Å². The summed E-state index contributed by atoms with van der Waals surface area (Å²) in [6.45, 7) is 4.01. The number of aromatic nitrogens is 1. The lowest BCUT2D eigenvalue weighted by molar-refractivity contribution is 0.113. The Morgan fingerprint density at radius 2 is 2.21 bits per heavy atom. The van der Waals surface area contributed by atoms with E-state index in [1.807, 2.05) is 12.3 Å². The summed E-state index contributed by atoms with van der Waals surface area (Å²) in [7, 11) is 0. The van der Waals surface area contributed by atoms with Gasteiger partial charge in [-0.1, -0.05) is 24.3 Å². The quantitative estimate of drug-likeness (QED) is 0.913. The van der Waals surface area contributed by atoms with E-state index in [1.165, 1.54) is 10.9 Å². The van der Waals surface area contributed by atoms with Crippen LogP contribution < -0.4 is 5.32 Å². The van der Waals surface area contributed by atoms with Crippen molar-refractivity contribution in [2.75, 3.05) is 13.2 Å². The number of ether oxygens (including phenoxy) is 1. The molecule has 0 saturated carbocycles. The van der Waals surface area contributed by atoms with Gasteiger partial charge in [0.1, 0.15) is 0 Å². The molecular weight excluding hydrogens is 236 g/mol. The average molecular weight is 256 g/mol. The molecule has 2 aromatic rings. The lowest BCUT2D eigenvalue weighted by atomic mass is 10.1. The van der Waals surface area contributed by atoms with E-state index < -0.39 is 0 Å². The Kier molecular flexibility index (Phi) is 3.76. The van der Waals surface area contributed by atoms with Gasteiger partial charge in [-0.05, 0) is 37.9 Å². The topological polar surface area (TPSA) is 34.1 Å². The summed E-state index contributed by atoms with van der Waals surface area (Å²) in [5.74, 6) is 0. The smallest absolute Gasteiger partial charge is 0.0734 e. The normalized spacial score (nSPS) is 23.0. The number of hydrogen-bond donors (Lipinski definition) is 1. The Bertz CT molecular complexity index is 550. The zero-order chi connectivity index (χ0) is 13.1. The molecule has 1 aromatic carbocycles. The van der Waals surface area contributed by atoms with E-state index >= 15 is 0 Å². The molecule has 0 spiro atoms. The van der Waals surface area contributed by atoms with Crippen LogP contribution in [0.2, 0.25) is 0 Å². The van der Waals surface area contributed by atoms with Crippen molar-refractivity contribution in [3.8, 4) is 0 Å². The average Bonchev–Trinajstić information content (AvgIpc) is 2.85. The van der Waals surface area contributed by atoms with E-state index in [0.29, 0.717) is 12.1 Å². The number of rotatable bonds is 4. The van der Waals surface area contributed by atoms with Gasteiger partial charge in [0.15, 0.2) is 0 Å². The molecule has 1 fully saturated rings. The minimum Gasteiger partial charge on any atom is -0.377 e. The summed E-state index contributed by atoms with van der Waals surface area (Å²) in [4.78, 5) is 4.49. The van der Waals surface area contributed by atoms with Gasteiger partial charge in [-0.15, -0.1) is 0 Å². The highest BCUT2D eigenvalue weighted by atomic mass is 16.5. The van der Waals surface area contributed by atoms with E-state index in [4.69, 9.17) is 4.74 Å². The van der Waals surface area contributed by atoms with Crippen LogP contribution in [-0.4, -0.2) is 30.3 Å². The maximum absolute atomic E-state index is 5.56. The van der Waals surface area contributed by atoms with Gasteiger partial charge in [-0.25, -0.2) is 0 Å². The number of nitrogens with zero attached hydrogens (tertiary/aromatic N) is 1. The van der Waals surface area contributed by atoms with Gasteiger partial charge in [0.05, 0.1) is 11.6 Å². The fraction of sp³-hybridized carbons (Fsp3) is 0.438. The third kappa shape index (κ3) is 2.77. The van der Waals surface area contributed by atoms with Crippen molar-refractivity contribution >= 4 is 10.9 Å². The lowest BCUT2D eigenvalue weighted by Gasteiger charge is -2.16. The minimum absolute atomic E-state index is 0.339. The predicted molar refractivity (Wildman–Crippen MR) is 77.3 cm³/mol. The number of hydrogen-bond acceptors (Lipinski definition) is 3. The molecule has 0 aliphatic carbocycles. The van der Waals surface area contributed by atoms with Gasteiger partial charge in [0, 0.05) is 24.2 Å². The van der Waals surface area contributed by atoms with Crippen LogP contribution in [0.5, 0.6) is 0 Å². The Hall–Kier alpha value is -1.45. The summed E-state index contributed by atoms with van der Waals surface area (Å²) >= 11 is 0. The molecule has 1 aliphatic heterocycles. The third-order valence-corrected chi connectivity index (χ3v) is 3.89. The molecular formula is C16H20N2O. The molecule has 0 bridgehead atoms. The van der Waals surface area contributed by atoms with Gasteiger partial charge in [0.2, 0.25) is 0 Å². The van der Waals surface area contributed by atoms with Crippen LogP contribution in [0.4, 0.5) is 0 Å². The fourth-order valence-corrected chi connectivity index (χ4v) is 2.76. The SMILES string of the molecule is CC1OCCC1NCCc1cccc2cccnc12. The summed E-state index contributed by atoms with van der Waals surface area (Å²) in [6.07, 6.45) is 4.34. The molecule has 100 valence electrons. The number of nitrogens with one attached hydrogen (secondary N) is 1. The molecule has 3 nitrogen and oxygen atoms in total. The van der Waals surface area contributed by atoms with Crippen LogP contribution >= 0.6 is 0 Å². The minimum atomic E-state index is 0.339. The van der Waals surface area contributed by atoms with E-state index in [9.17, 15) is 0 Å². The number of benzene rings is 1. The maximum atomic E-state index is 5.56. The maximum Gasteiger partial charge on any atom is 0.0734 e. The zero-order valence-corrected chi connectivity index (χ0v) is 11.3. The molecule has 2 unspecified atom stereocenters. The highest BCUT2D eigenvalue weighted by Crippen LogP contribution is 2.17. The van der Waals surface area contributed by atoms with Gasteiger partial charge in [-0.3, -0.25) is 4.98 Å². The Morgan fingerprint density at radius 1 is 1.32 bits per heavy atom. The molecule has 1 aromatic heterocycles. The molecule has 19 heavy (non-hydrogen) atoms. The van der Waals surface area contributed by atoms with E-state index in [0.717, 1.165) is 31.5 Å². The van der Waals surface area contributed by atoms with Crippen LogP contribution in [0.1, 0.15) is 18.9 Å². The van der Waals surface area contributed by atoms with Crippen molar-refractivity contribution in [1.29, 1.82) is 0 Å². The zero-order valence-electron chi connectivity index (χ0n) is 11.3. The highest BCUT2D eigenvalue weighted by Gasteiger charge is 2.23. The van der Waals surface area contributed by atoms with Crippen LogP contribution in [0.15, 0.2) is 36.5 Å². The van der Waals surface area contributed by atoms with Gasteiger partial charge >= 0.3 is 0 Å². The monoisotopic (exact) mass is 256 g/mol.